The summed E-state index contributed by atoms with van der Waals surface area (Å²) in [5.74, 6) is -0.706. The van der Waals surface area contributed by atoms with E-state index in [0.29, 0.717) is 11.4 Å². The van der Waals surface area contributed by atoms with E-state index in [-0.39, 0.29) is 23.4 Å². The van der Waals surface area contributed by atoms with Crippen LogP contribution in [0.2, 0.25) is 5.02 Å². The summed E-state index contributed by atoms with van der Waals surface area (Å²) < 4.78 is 28.3. The van der Waals surface area contributed by atoms with Crippen LogP contribution < -0.4 is 5.32 Å². The third-order valence-electron chi connectivity index (χ3n) is 8.03. The first-order chi connectivity index (χ1) is 20.7. The minimum absolute atomic E-state index is 0.0641. The molecule has 2 amide bonds. The van der Waals surface area contributed by atoms with E-state index in [2.05, 4.69) is 5.32 Å². The van der Waals surface area contributed by atoms with Gasteiger partial charge in [0.2, 0.25) is 21.8 Å². The van der Waals surface area contributed by atoms with E-state index in [1.54, 1.807) is 30.3 Å². The molecule has 1 atom stereocenters. The second kappa shape index (κ2) is 13.7. The highest BCUT2D eigenvalue weighted by Gasteiger charge is 2.34. The van der Waals surface area contributed by atoms with Gasteiger partial charge in [-0.1, -0.05) is 97.2 Å². The monoisotopic (exact) mass is 617 g/mol. The van der Waals surface area contributed by atoms with Crippen LogP contribution in [0.4, 0.5) is 0 Å². The van der Waals surface area contributed by atoms with Gasteiger partial charge in [0.1, 0.15) is 6.04 Å². The summed E-state index contributed by atoms with van der Waals surface area (Å²) in [6.45, 7) is -0.305. The van der Waals surface area contributed by atoms with E-state index in [4.69, 9.17) is 11.6 Å². The number of amides is 2. The van der Waals surface area contributed by atoms with Crippen LogP contribution >= 0.6 is 11.6 Å². The van der Waals surface area contributed by atoms with Crippen molar-refractivity contribution in [2.45, 2.75) is 55.6 Å². The minimum Gasteiger partial charge on any atom is -0.352 e. The molecule has 0 unspecified atom stereocenters. The molecule has 9 heteroatoms. The van der Waals surface area contributed by atoms with Crippen molar-refractivity contribution in [2.75, 3.05) is 13.6 Å². The zero-order chi connectivity index (χ0) is 30.4. The van der Waals surface area contributed by atoms with Gasteiger partial charge in [-0.2, -0.15) is 4.31 Å². The van der Waals surface area contributed by atoms with Crippen molar-refractivity contribution < 1.29 is 18.0 Å². The maximum Gasteiger partial charge on any atom is 0.243 e. The smallest absolute Gasteiger partial charge is 0.243 e. The SMILES string of the molecule is CN(CC(=O)N(Cc1ccc(Cl)cc1)[C@@H](Cc1ccccc1)C(=O)NC1CCCC1)S(=O)(=O)c1ccc2ccccc2c1. The normalized spacial score (nSPS) is 14.6. The summed E-state index contributed by atoms with van der Waals surface area (Å²) in [7, 11) is -2.60. The number of nitrogens with one attached hydrogen (secondary N) is 1. The van der Waals surface area contributed by atoms with Crippen molar-refractivity contribution in [1.29, 1.82) is 0 Å². The van der Waals surface area contributed by atoms with Crippen LogP contribution in [-0.4, -0.2) is 55.1 Å². The van der Waals surface area contributed by atoms with E-state index < -0.39 is 28.5 Å². The average Bonchev–Trinajstić information content (AvgIpc) is 3.53. The summed E-state index contributed by atoms with van der Waals surface area (Å²) in [6.07, 6.45) is 4.21. The molecular formula is C34H36ClN3O4S. The van der Waals surface area contributed by atoms with Gasteiger partial charge in [-0.3, -0.25) is 9.59 Å². The molecule has 0 heterocycles. The Labute approximate surface area is 258 Å². The lowest BCUT2D eigenvalue weighted by atomic mass is 10.0. The highest BCUT2D eigenvalue weighted by atomic mass is 35.5. The van der Waals surface area contributed by atoms with E-state index in [1.807, 2.05) is 66.7 Å². The lowest BCUT2D eigenvalue weighted by Gasteiger charge is -2.33. The second-order valence-corrected chi connectivity index (χ2v) is 13.6. The fraction of sp³-hybridized carbons (Fsp3) is 0.294. The van der Waals surface area contributed by atoms with Crippen LogP contribution in [-0.2, 0) is 32.6 Å². The molecule has 0 aromatic heterocycles. The number of fused-ring (bicyclic) bond motifs is 1. The number of carbonyl (C=O) groups excluding carboxylic acids is 2. The molecule has 0 saturated heterocycles. The number of hydrogen-bond donors (Lipinski definition) is 1. The van der Waals surface area contributed by atoms with Crippen LogP contribution in [0.15, 0.2) is 102 Å². The molecule has 0 spiro atoms. The number of nitrogens with zero attached hydrogens (tertiary/aromatic N) is 2. The molecule has 1 aliphatic rings. The Morgan fingerprint density at radius 3 is 2.21 bits per heavy atom. The molecule has 0 radical (unpaired) electrons. The molecule has 43 heavy (non-hydrogen) atoms. The second-order valence-electron chi connectivity index (χ2n) is 11.1. The Bertz CT molecular complexity index is 1670. The summed E-state index contributed by atoms with van der Waals surface area (Å²) >= 11 is 6.12. The average molecular weight is 618 g/mol. The van der Waals surface area contributed by atoms with Crippen LogP contribution in [0.1, 0.15) is 36.8 Å². The number of benzene rings is 4. The van der Waals surface area contributed by atoms with Crippen LogP contribution in [0.3, 0.4) is 0 Å². The Morgan fingerprint density at radius 2 is 1.51 bits per heavy atom. The fourth-order valence-corrected chi connectivity index (χ4v) is 6.86. The van der Waals surface area contributed by atoms with Crippen molar-refractivity contribution >= 4 is 44.2 Å². The quantitative estimate of drug-likeness (QED) is 0.230. The maximum atomic E-state index is 14.1. The molecule has 1 aliphatic carbocycles. The van der Waals surface area contributed by atoms with Gasteiger partial charge in [0.15, 0.2) is 0 Å². The largest absolute Gasteiger partial charge is 0.352 e. The van der Waals surface area contributed by atoms with Gasteiger partial charge in [0.25, 0.3) is 0 Å². The molecular weight excluding hydrogens is 582 g/mol. The van der Waals surface area contributed by atoms with Crippen molar-refractivity contribution in [1.82, 2.24) is 14.5 Å². The predicted molar refractivity (Wildman–Crippen MR) is 170 cm³/mol. The molecule has 0 bridgehead atoms. The number of rotatable bonds is 11. The zero-order valence-corrected chi connectivity index (χ0v) is 25.7. The topological polar surface area (TPSA) is 86.8 Å². The molecule has 224 valence electrons. The Hall–Kier alpha value is -3.72. The molecule has 0 aliphatic heterocycles. The summed E-state index contributed by atoms with van der Waals surface area (Å²) in [5, 5.41) is 5.44. The molecule has 1 N–H and O–H groups in total. The van der Waals surface area contributed by atoms with Gasteiger partial charge < -0.3 is 10.2 Å². The minimum atomic E-state index is -3.99. The standard InChI is InChI=1S/C34H36ClN3O4S/c1-37(43(41,42)31-20-17-27-11-5-6-12-28(27)22-31)24-33(39)38(23-26-15-18-29(35)19-16-26)32(21-25-9-3-2-4-10-25)34(40)36-30-13-7-8-14-30/h2-6,9-12,15-20,22,30,32H,7-8,13-14,21,23-24H2,1H3,(H,36,40)/t32-/m0/s1. The Balaban J connectivity index is 1.45. The zero-order valence-electron chi connectivity index (χ0n) is 24.2. The maximum absolute atomic E-state index is 14.1. The molecule has 4 aromatic carbocycles. The first-order valence-corrected chi connectivity index (χ1v) is 16.4. The van der Waals surface area contributed by atoms with Crippen LogP contribution in [0.5, 0.6) is 0 Å². The number of carbonyl (C=O) groups is 2. The van der Waals surface area contributed by atoms with E-state index >= 15 is 0 Å². The third kappa shape index (κ3) is 7.63. The summed E-state index contributed by atoms with van der Waals surface area (Å²) in [6, 6.07) is 28.3. The molecule has 1 saturated carbocycles. The van der Waals surface area contributed by atoms with Gasteiger partial charge in [-0.25, -0.2) is 8.42 Å². The summed E-state index contributed by atoms with van der Waals surface area (Å²) in [4.78, 5) is 29.6. The lowest BCUT2D eigenvalue weighted by molar-refractivity contribution is -0.141. The number of halogens is 1. The molecule has 1 fully saturated rings. The third-order valence-corrected chi connectivity index (χ3v) is 10.1. The highest BCUT2D eigenvalue weighted by molar-refractivity contribution is 7.89. The fourth-order valence-electron chi connectivity index (χ4n) is 5.58. The first-order valence-electron chi connectivity index (χ1n) is 14.5. The van der Waals surface area contributed by atoms with Gasteiger partial charge in [0.05, 0.1) is 11.4 Å². The number of hydrogen-bond acceptors (Lipinski definition) is 4. The van der Waals surface area contributed by atoms with E-state index in [9.17, 15) is 18.0 Å². The number of sulfonamides is 1. The molecule has 5 rings (SSSR count). The Kier molecular flexibility index (Phi) is 9.80. The first kappa shape index (κ1) is 30.7. The van der Waals surface area contributed by atoms with Gasteiger partial charge in [0, 0.05) is 31.1 Å². The summed E-state index contributed by atoms with van der Waals surface area (Å²) in [5.41, 5.74) is 1.68. The molecule has 7 nitrogen and oxygen atoms in total. The van der Waals surface area contributed by atoms with Crippen molar-refractivity contribution in [2.24, 2.45) is 0 Å². The van der Waals surface area contributed by atoms with Crippen molar-refractivity contribution in [3.63, 3.8) is 0 Å². The van der Waals surface area contributed by atoms with E-state index in [0.717, 1.165) is 51.9 Å². The van der Waals surface area contributed by atoms with Crippen LogP contribution in [0.25, 0.3) is 10.8 Å². The Morgan fingerprint density at radius 1 is 0.860 bits per heavy atom. The predicted octanol–water partition coefficient (Wildman–Crippen LogP) is 5.81. The van der Waals surface area contributed by atoms with Gasteiger partial charge in [-0.15, -0.1) is 0 Å². The van der Waals surface area contributed by atoms with E-state index in [1.165, 1.54) is 11.9 Å². The van der Waals surface area contributed by atoms with Gasteiger partial charge >= 0.3 is 0 Å². The van der Waals surface area contributed by atoms with Crippen LogP contribution in [0, 0.1) is 0 Å². The molecule has 4 aromatic rings. The number of likely N-dealkylation sites (N-methyl/N-ethyl adjacent to an activating group) is 1. The highest BCUT2D eigenvalue weighted by Crippen LogP contribution is 2.23. The lowest BCUT2D eigenvalue weighted by Crippen LogP contribution is -2.54. The van der Waals surface area contributed by atoms with Crippen molar-refractivity contribution in [3.8, 4) is 0 Å². The van der Waals surface area contributed by atoms with Gasteiger partial charge in [-0.05, 0) is 59.0 Å². The van der Waals surface area contributed by atoms with Crippen molar-refractivity contribution in [3.05, 3.63) is 113 Å².